The van der Waals surface area contributed by atoms with E-state index in [1.807, 2.05) is 0 Å². The third kappa shape index (κ3) is 6.02. The molecule has 6 nitrogen and oxygen atoms in total. The average molecular weight is 273 g/mol. The Morgan fingerprint density at radius 3 is 2.53 bits per heavy atom. The number of carboxylic acids is 1. The van der Waals surface area contributed by atoms with Gasteiger partial charge in [0, 0.05) is 19.6 Å². The summed E-state index contributed by atoms with van der Waals surface area (Å²) in [7, 11) is 0. The fourth-order valence-electron chi connectivity index (χ4n) is 1.92. The molecular weight excluding hydrogens is 250 g/mol. The molecule has 0 saturated carbocycles. The number of hydrogen-bond acceptors (Lipinski definition) is 4. The third-order valence-corrected chi connectivity index (χ3v) is 3.10. The molecule has 0 bridgehead atoms. The molecule has 1 unspecified atom stereocenters. The first-order chi connectivity index (χ1) is 9.00. The number of amides is 1. The molecule has 1 aliphatic heterocycles. The minimum absolute atomic E-state index is 0.141. The summed E-state index contributed by atoms with van der Waals surface area (Å²) in [5.74, 6) is -1.43. The summed E-state index contributed by atoms with van der Waals surface area (Å²) in [4.78, 5) is 22.6. The van der Waals surface area contributed by atoms with Gasteiger partial charge in [0.25, 0.3) is 0 Å². The van der Waals surface area contributed by atoms with Crippen molar-refractivity contribution < 1.29 is 24.2 Å². The third-order valence-electron chi connectivity index (χ3n) is 3.10. The lowest BCUT2D eigenvalue weighted by atomic mass is 10.0. The topological polar surface area (TPSA) is 84.9 Å². The van der Waals surface area contributed by atoms with E-state index in [-0.39, 0.29) is 24.3 Å². The highest BCUT2D eigenvalue weighted by atomic mass is 16.5. The van der Waals surface area contributed by atoms with Gasteiger partial charge in [-0.15, -0.1) is 0 Å². The zero-order chi connectivity index (χ0) is 14.3. The molecular formula is C13H23NO5. The van der Waals surface area contributed by atoms with Gasteiger partial charge in [-0.3, -0.25) is 4.79 Å². The van der Waals surface area contributed by atoms with Gasteiger partial charge in [0.15, 0.2) is 0 Å². The van der Waals surface area contributed by atoms with Crippen LogP contribution >= 0.6 is 0 Å². The zero-order valence-corrected chi connectivity index (χ0v) is 11.6. The SMILES string of the molecule is CC(C)C(NC(=O)CCOC1CCOCC1)C(=O)O. The summed E-state index contributed by atoms with van der Waals surface area (Å²) in [6, 6.07) is -0.837. The van der Waals surface area contributed by atoms with Gasteiger partial charge in [-0.25, -0.2) is 4.79 Å². The minimum atomic E-state index is -1.01. The molecule has 0 spiro atoms. The molecule has 1 heterocycles. The molecule has 1 fully saturated rings. The van der Waals surface area contributed by atoms with Crippen molar-refractivity contribution in [2.45, 2.75) is 45.3 Å². The Bertz CT molecular complexity index is 299. The molecule has 1 saturated heterocycles. The Labute approximate surface area is 113 Å². The lowest BCUT2D eigenvalue weighted by Crippen LogP contribution is -2.44. The van der Waals surface area contributed by atoms with Crippen LogP contribution in [0.3, 0.4) is 0 Å². The first-order valence-corrected chi connectivity index (χ1v) is 6.72. The predicted molar refractivity (Wildman–Crippen MR) is 68.8 cm³/mol. The summed E-state index contributed by atoms with van der Waals surface area (Å²) in [6.45, 7) is 5.24. The summed E-state index contributed by atoms with van der Waals surface area (Å²) in [6.07, 6.45) is 2.05. The highest BCUT2D eigenvalue weighted by Gasteiger charge is 2.23. The molecule has 1 amide bonds. The molecule has 19 heavy (non-hydrogen) atoms. The Morgan fingerprint density at radius 1 is 1.37 bits per heavy atom. The Hall–Kier alpha value is -1.14. The smallest absolute Gasteiger partial charge is 0.326 e. The molecule has 110 valence electrons. The Balaban J connectivity index is 2.21. The molecule has 6 heteroatoms. The summed E-state index contributed by atoms with van der Waals surface area (Å²) in [5, 5.41) is 11.5. The van der Waals surface area contributed by atoms with Crippen LogP contribution in [0.2, 0.25) is 0 Å². The van der Waals surface area contributed by atoms with Crippen molar-refractivity contribution >= 4 is 11.9 Å². The van der Waals surface area contributed by atoms with Crippen molar-refractivity contribution in [1.82, 2.24) is 5.32 Å². The number of aliphatic carboxylic acids is 1. The summed E-state index contributed by atoms with van der Waals surface area (Å²) in [5.41, 5.74) is 0. The lowest BCUT2D eigenvalue weighted by Gasteiger charge is -2.22. The molecule has 1 aliphatic rings. The number of carbonyl (C=O) groups excluding carboxylic acids is 1. The van der Waals surface area contributed by atoms with Crippen molar-refractivity contribution in [2.75, 3.05) is 19.8 Å². The standard InChI is InChI=1S/C13H23NO5/c1-9(2)12(13(16)17)14-11(15)5-8-19-10-3-6-18-7-4-10/h9-10,12H,3-8H2,1-2H3,(H,14,15)(H,16,17). The largest absolute Gasteiger partial charge is 0.480 e. The van der Waals surface area contributed by atoms with Gasteiger partial charge >= 0.3 is 5.97 Å². The van der Waals surface area contributed by atoms with Crippen LogP contribution in [-0.4, -0.2) is 48.9 Å². The van der Waals surface area contributed by atoms with Gasteiger partial charge in [0.05, 0.1) is 12.7 Å². The first-order valence-electron chi connectivity index (χ1n) is 6.72. The number of nitrogens with one attached hydrogen (secondary N) is 1. The van der Waals surface area contributed by atoms with Crippen LogP contribution in [-0.2, 0) is 19.1 Å². The van der Waals surface area contributed by atoms with E-state index in [1.54, 1.807) is 13.8 Å². The molecule has 0 radical (unpaired) electrons. The molecule has 0 aromatic heterocycles. The van der Waals surface area contributed by atoms with E-state index in [4.69, 9.17) is 14.6 Å². The normalized spacial score (nSPS) is 18.3. The van der Waals surface area contributed by atoms with Gasteiger partial charge in [-0.2, -0.15) is 0 Å². The molecule has 2 N–H and O–H groups in total. The fourth-order valence-corrected chi connectivity index (χ4v) is 1.92. The summed E-state index contributed by atoms with van der Waals surface area (Å²) >= 11 is 0. The first kappa shape index (κ1) is 15.9. The second kappa shape index (κ2) is 8.12. The fraction of sp³-hybridized carbons (Fsp3) is 0.846. The highest BCUT2D eigenvalue weighted by Crippen LogP contribution is 2.10. The van der Waals surface area contributed by atoms with E-state index in [0.29, 0.717) is 19.8 Å². The number of carbonyl (C=O) groups is 2. The number of rotatable bonds is 7. The number of ether oxygens (including phenoxy) is 2. The van der Waals surface area contributed by atoms with Gasteiger partial charge in [0.2, 0.25) is 5.91 Å². The second-order valence-electron chi connectivity index (χ2n) is 5.06. The maximum absolute atomic E-state index is 11.6. The Kier molecular flexibility index (Phi) is 6.80. The van der Waals surface area contributed by atoms with E-state index >= 15 is 0 Å². The minimum Gasteiger partial charge on any atom is -0.480 e. The van der Waals surface area contributed by atoms with Crippen LogP contribution in [0.15, 0.2) is 0 Å². The van der Waals surface area contributed by atoms with Gasteiger partial charge in [-0.1, -0.05) is 13.8 Å². The van der Waals surface area contributed by atoms with Crippen molar-refractivity contribution in [2.24, 2.45) is 5.92 Å². The molecule has 1 atom stereocenters. The van der Waals surface area contributed by atoms with E-state index in [1.165, 1.54) is 0 Å². The highest BCUT2D eigenvalue weighted by molar-refractivity contribution is 5.83. The van der Waals surface area contributed by atoms with Crippen LogP contribution < -0.4 is 5.32 Å². The Morgan fingerprint density at radius 2 is 2.00 bits per heavy atom. The van der Waals surface area contributed by atoms with E-state index in [9.17, 15) is 9.59 Å². The van der Waals surface area contributed by atoms with Crippen LogP contribution in [0, 0.1) is 5.92 Å². The molecule has 0 aromatic rings. The maximum Gasteiger partial charge on any atom is 0.326 e. The number of carboxylic acid groups (broad SMARTS) is 1. The van der Waals surface area contributed by atoms with Gasteiger partial charge in [-0.05, 0) is 18.8 Å². The monoisotopic (exact) mass is 273 g/mol. The zero-order valence-electron chi connectivity index (χ0n) is 11.6. The van der Waals surface area contributed by atoms with E-state index in [0.717, 1.165) is 12.8 Å². The lowest BCUT2D eigenvalue weighted by molar-refractivity contribution is -0.143. The van der Waals surface area contributed by atoms with Gasteiger partial charge in [0.1, 0.15) is 6.04 Å². The second-order valence-corrected chi connectivity index (χ2v) is 5.06. The van der Waals surface area contributed by atoms with Crippen LogP contribution in [0.5, 0.6) is 0 Å². The molecule has 0 aromatic carbocycles. The number of hydrogen-bond donors (Lipinski definition) is 2. The molecule has 0 aliphatic carbocycles. The van der Waals surface area contributed by atoms with E-state index < -0.39 is 12.0 Å². The average Bonchev–Trinajstić information content (AvgIpc) is 2.36. The molecule has 1 rings (SSSR count). The predicted octanol–water partition coefficient (Wildman–Crippen LogP) is 0.798. The van der Waals surface area contributed by atoms with Crippen molar-refractivity contribution in [3.8, 4) is 0 Å². The van der Waals surface area contributed by atoms with Gasteiger partial charge < -0.3 is 19.9 Å². The van der Waals surface area contributed by atoms with E-state index in [2.05, 4.69) is 5.32 Å². The van der Waals surface area contributed by atoms with Crippen molar-refractivity contribution in [3.05, 3.63) is 0 Å². The quantitative estimate of drug-likeness (QED) is 0.716. The summed E-state index contributed by atoms with van der Waals surface area (Å²) < 4.78 is 10.8. The maximum atomic E-state index is 11.6. The van der Waals surface area contributed by atoms with Crippen LogP contribution in [0.1, 0.15) is 33.1 Å². The van der Waals surface area contributed by atoms with Crippen molar-refractivity contribution in [3.63, 3.8) is 0 Å². The van der Waals surface area contributed by atoms with Crippen LogP contribution in [0.25, 0.3) is 0 Å². The van der Waals surface area contributed by atoms with Crippen LogP contribution in [0.4, 0.5) is 0 Å². The van der Waals surface area contributed by atoms with Crippen molar-refractivity contribution in [1.29, 1.82) is 0 Å².